The zero-order valence-corrected chi connectivity index (χ0v) is 12.7. The van der Waals surface area contributed by atoms with Crippen molar-refractivity contribution in [2.45, 2.75) is 17.7 Å². The molecule has 2 rings (SSSR count). The quantitative estimate of drug-likeness (QED) is 0.859. The van der Waals surface area contributed by atoms with Gasteiger partial charge in [0.1, 0.15) is 10.7 Å². The Balaban J connectivity index is 2.10. The van der Waals surface area contributed by atoms with Crippen molar-refractivity contribution in [1.29, 1.82) is 0 Å². The van der Waals surface area contributed by atoms with Crippen molar-refractivity contribution in [3.63, 3.8) is 0 Å². The molecule has 0 aliphatic carbocycles. The fraction of sp³-hybridized carbons (Fsp3) is 0.615. The van der Waals surface area contributed by atoms with E-state index in [0.29, 0.717) is 5.92 Å². The molecule has 2 heterocycles. The normalized spacial score (nSPS) is 19.8. The maximum Gasteiger partial charge on any atom is 0.244 e. The summed E-state index contributed by atoms with van der Waals surface area (Å²) in [5.74, 6) is 1.29. The summed E-state index contributed by atoms with van der Waals surface area (Å²) in [5.41, 5.74) is 0. The summed E-state index contributed by atoms with van der Waals surface area (Å²) in [6.45, 7) is 1.98. The van der Waals surface area contributed by atoms with E-state index in [2.05, 4.69) is 9.88 Å². The average molecular weight is 299 g/mol. The van der Waals surface area contributed by atoms with Crippen molar-refractivity contribution < 1.29 is 13.5 Å². The zero-order valence-electron chi connectivity index (χ0n) is 11.9. The average Bonchev–Trinajstić information content (AvgIpc) is 2.88. The molecule has 7 heteroatoms. The van der Waals surface area contributed by atoms with Gasteiger partial charge in [0.2, 0.25) is 10.0 Å². The van der Waals surface area contributed by atoms with Crippen LogP contribution in [-0.4, -0.2) is 56.6 Å². The molecule has 20 heavy (non-hydrogen) atoms. The lowest BCUT2D eigenvalue weighted by atomic mass is 10.1. The number of anilines is 1. The number of nitrogens with zero attached hydrogens (tertiary/aromatic N) is 3. The fourth-order valence-corrected chi connectivity index (χ4v) is 3.23. The van der Waals surface area contributed by atoms with Crippen molar-refractivity contribution in [3.05, 3.63) is 18.3 Å². The first-order valence-electron chi connectivity index (χ1n) is 6.69. The van der Waals surface area contributed by atoms with Crippen LogP contribution < -0.4 is 4.90 Å². The predicted molar refractivity (Wildman–Crippen MR) is 77.1 cm³/mol. The molecule has 0 saturated carbocycles. The van der Waals surface area contributed by atoms with E-state index in [9.17, 15) is 8.42 Å². The Morgan fingerprint density at radius 1 is 1.45 bits per heavy atom. The van der Waals surface area contributed by atoms with Crippen LogP contribution in [0.1, 0.15) is 12.8 Å². The van der Waals surface area contributed by atoms with E-state index in [0.717, 1.165) is 31.7 Å². The molecule has 1 aromatic heterocycles. The Bertz CT molecular complexity index is 542. The SMILES string of the molecule is CN(C)S(=O)(=O)c1ccc(N2CCC(CCO)C2)nc1. The molecule has 1 aromatic rings. The minimum absolute atomic E-state index is 0.206. The number of hydrogen-bond acceptors (Lipinski definition) is 5. The number of aliphatic hydroxyl groups is 1. The third-order valence-electron chi connectivity index (χ3n) is 3.65. The lowest BCUT2D eigenvalue weighted by Crippen LogP contribution is -2.23. The number of hydrogen-bond donors (Lipinski definition) is 1. The van der Waals surface area contributed by atoms with Crippen LogP contribution in [0.2, 0.25) is 0 Å². The molecule has 1 aliphatic heterocycles. The minimum atomic E-state index is -3.42. The highest BCUT2D eigenvalue weighted by molar-refractivity contribution is 7.89. The van der Waals surface area contributed by atoms with Gasteiger partial charge in [-0.3, -0.25) is 0 Å². The summed E-state index contributed by atoms with van der Waals surface area (Å²) >= 11 is 0. The Kier molecular flexibility index (Phi) is 4.62. The Labute approximate surface area is 120 Å². The summed E-state index contributed by atoms with van der Waals surface area (Å²) in [7, 11) is -0.411. The molecule has 1 fully saturated rings. The Morgan fingerprint density at radius 3 is 2.75 bits per heavy atom. The van der Waals surface area contributed by atoms with Crippen LogP contribution in [0.25, 0.3) is 0 Å². The van der Waals surface area contributed by atoms with E-state index in [1.165, 1.54) is 24.6 Å². The minimum Gasteiger partial charge on any atom is -0.396 e. The molecule has 0 radical (unpaired) electrons. The predicted octanol–water partition coefficient (Wildman–Crippen LogP) is 0.541. The number of sulfonamides is 1. The van der Waals surface area contributed by atoms with Gasteiger partial charge in [-0.05, 0) is 30.9 Å². The molecule has 0 aromatic carbocycles. The van der Waals surface area contributed by atoms with E-state index in [1.807, 2.05) is 0 Å². The van der Waals surface area contributed by atoms with Gasteiger partial charge in [-0.2, -0.15) is 0 Å². The van der Waals surface area contributed by atoms with Crippen LogP contribution >= 0.6 is 0 Å². The molecule has 112 valence electrons. The third kappa shape index (κ3) is 3.11. The zero-order chi connectivity index (χ0) is 14.8. The first-order chi connectivity index (χ1) is 9.45. The van der Waals surface area contributed by atoms with Gasteiger partial charge in [0, 0.05) is 40.0 Å². The molecule has 1 unspecified atom stereocenters. The van der Waals surface area contributed by atoms with Gasteiger partial charge in [0.05, 0.1) is 0 Å². The smallest absolute Gasteiger partial charge is 0.244 e. The lowest BCUT2D eigenvalue weighted by Gasteiger charge is -2.18. The first kappa shape index (κ1) is 15.2. The van der Waals surface area contributed by atoms with E-state index in [-0.39, 0.29) is 11.5 Å². The van der Waals surface area contributed by atoms with E-state index in [4.69, 9.17) is 5.11 Å². The van der Waals surface area contributed by atoms with Crippen LogP contribution in [0.3, 0.4) is 0 Å². The highest BCUT2D eigenvalue weighted by Crippen LogP contribution is 2.24. The lowest BCUT2D eigenvalue weighted by molar-refractivity contribution is 0.263. The Hall–Kier alpha value is -1.18. The van der Waals surface area contributed by atoms with Crippen molar-refractivity contribution in [2.24, 2.45) is 5.92 Å². The van der Waals surface area contributed by atoms with Gasteiger partial charge >= 0.3 is 0 Å². The summed E-state index contributed by atoms with van der Waals surface area (Å²) in [6, 6.07) is 3.34. The third-order valence-corrected chi connectivity index (χ3v) is 5.45. The molecule has 0 amide bonds. The standard InChI is InChI=1S/C13H21N3O3S/c1-15(2)20(18,19)12-3-4-13(14-9-12)16-7-5-11(10-16)6-8-17/h3-4,9,11,17H,5-8,10H2,1-2H3. The molecule has 6 nitrogen and oxygen atoms in total. The van der Waals surface area contributed by atoms with Gasteiger partial charge in [-0.1, -0.05) is 0 Å². The van der Waals surface area contributed by atoms with Crippen LogP contribution in [0, 0.1) is 5.92 Å². The molecule has 0 spiro atoms. The monoisotopic (exact) mass is 299 g/mol. The van der Waals surface area contributed by atoms with Crippen LogP contribution in [0.4, 0.5) is 5.82 Å². The number of pyridine rings is 1. The van der Waals surface area contributed by atoms with E-state index < -0.39 is 10.0 Å². The highest BCUT2D eigenvalue weighted by Gasteiger charge is 2.24. The van der Waals surface area contributed by atoms with Crippen LogP contribution in [0.15, 0.2) is 23.2 Å². The van der Waals surface area contributed by atoms with Crippen molar-refractivity contribution in [3.8, 4) is 0 Å². The van der Waals surface area contributed by atoms with Gasteiger partial charge in [-0.15, -0.1) is 0 Å². The number of aliphatic hydroxyl groups excluding tert-OH is 1. The number of aromatic nitrogens is 1. The van der Waals surface area contributed by atoms with E-state index >= 15 is 0 Å². The van der Waals surface area contributed by atoms with Gasteiger partial charge in [-0.25, -0.2) is 17.7 Å². The number of rotatable bonds is 5. The van der Waals surface area contributed by atoms with E-state index in [1.54, 1.807) is 12.1 Å². The van der Waals surface area contributed by atoms with Gasteiger partial charge in [0.25, 0.3) is 0 Å². The molecule has 0 bridgehead atoms. The molecule has 1 atom stereocenters. The topological polar surface area (TPSA) is 73.7 Å². The molecular weight excluding hydrogens is 278 g/mol. The summed E-state index contributed by atoms with van der Waals surface area (Å²) in [5, 5.41) is 8.96. The summed E-state index contributed by atoms with van der Waals surface area (Å²) in [4.78, 5) is 6.60. The van der Waals surface area contributed by atoms with Gasteiger partial charge in [0.15, 0.2) is 0 Å². The first-order valence-corrected chi connectivity index (χ1v) is 8.13. The molecule has 1 N–H and O–H groups in total. The second kappa shape index (κ2) is 6.07. The summed E-state index contributed by atoms with van der Waals surface area (Å²) in [6.07, 6.45) is 3.26. The van der Waals surface area contributed by atoms with Crippen LogP contribution in [0.5, 0.6) is 0 Å². The molecule has 1 aliphatic rings. The van der Waals surface area contributed by atoms with Crippen molar-refractivity contribution in [1.82, 2.24) is 9.29 Å². The fourth-order valence-electron chi connectivity index (χ4n) is 2.38. The second-order valence-electron chi connectivity index (χ2n) is 5.25. The van der Waals surface area contributed by atoms with Crippen molar-refractivity contribution in [2.75, 3.05) is 38.7 Å². The van der Waals surface area contributed by atoms with Gasteiger partial charge < -0.3 is 10.0 Å². The Morgan fingerprint density at radius 2 is 2.20 bits per heavy atom. The largest absolute Gasteiger partial charge is 0.396 e. The van der Waals surface area contributed by atoms with Crippen molar-refractivity contribution >= 4 is 15.8 Å². The molecule has 1 saturated heterocycles. The second-order valence-corrected chi connectivity index (χ2v) is 7.40. The molecular formula is C13H21N3O3S. The summed E-state index contributed by atoms with van der Waals surface area (Å²) < 4.78 is 25.1. The van der Waals surface area contributed by atoms with Crippen LogP contribution in [-0.2, 0) is 10.0 Å². The highest BCUT2D eigenvalue weighted by atomic mass is 32.2. The maximum atomic E-state index is 11.9. The maximum absolute atomic E-state index is 11.9.